The first-order chi connectivity index (χ1) is 9.02. The average molecular weight is 260 g/mol. The summed E-state index contributed by atoms with van der Waals surface area (Å²) in [6, 6.07) is 8.22. The Labute approximate surface area is 115 Å². The predicted octanol–water partition coefficient (Wildman–Crippen LogP) is 2.40. The monoisotopic (exact) mass is 260 g/mol. The summed E-state index contributed by atoms with van der Waals surface area (Å²) in [5.41, 5.74) is 2.47. The highest BCUT2D eigenvalue weighted by atomic mass is 16.2. The van der Waals surface area contributed by atoms with Gasteiger partial charge in [-0.1, -0.05) is 37.6 Å². The van der Waals surface area contributed by atoms with Crippen molar-refractivity contribution >= 4 is 5.91 Å². The smallest absolute Gasteiger partial charge is 0.237 e. The summed E-state index contributed by atoms with van der Waals surface area (Å²) in [5, 5.41) is 6.48. The molecule has 0 bridgehead atoms. The molecule has 0 fully saturated rings. The lowest BCUT2D eigenvalue weighted by Gasteiger charge is -2.31. The summed E-state index contributed by atoms with van der Waals surface area (Å²) in [6.07, 6.45) is 2.86. The maximum atomic E-state index is 12.3. The molecule has 0 aliphatic carbocycles. The highest BCUT2D eigenvalue weighted by molar-refractivity contribution is 5.83. The molecule has 0 saturated heterocycles. The van der Waals surface area contributed by atoms with Crippen LogP contribution < -0.4 is 10.6 Å². The van der Waals surface area contributed by atoms with Gasteiger partial charge in [0.15, 0.2) is 0 Å². The van der Waals surface area contributed by atoms with Gasteiger partial charge in [0.25, 0.3) is 0 Å². The summed E-state index contributed by atoms with van der Waals surface area (Å²) < 4.78 is 0. The number of hydrogen-bond acceptors (Lipinski definition) is 2. The molecule has 2 rings (SSSR count). The Balaban J connectivity index is 1.99. The Bertz CT molecular complexity index is 454. The van der Waals surface area contributed by atoms with Crippen LogP contribution in [0.3, 0.4) is 0 Å². The quantitative estimate of drug-likeness (QED) is 0.873. The van der Waals surface area contributed by atoms with Crippen LogP contribution in [-0.2, 0) is 17.8 Å². The highest BCUT2D eigenvalue weighted by Gasteiger charge is 2.27. The fourth-order valence-corrected chi connectivity index (χ4v) is 2.75. The van der Waals surface area contributed by atoms with Crippen LogP contribution in [0.1, 0.15) is 44.7 Å². The van der Waals surface area contributed by atoms with E-state index in [1.807, 2.05) is 12.1 Å². The second-order valence-electron chi connectivity index (χ2n) is 6.03. The van der Waals surface area contributed by atoms with Crippen molar-refractivity contribution in [3.63, 3.8) is 0 Å². The van der Waals surface area contributed by atoms with Crippen LogP contribution in [0.15, 0.2) is 24.3 Å². The first-order valence-electron chi connectivity index (χ1n) is 7.14. The molecule has 0 spiro atoms. The maximum Gasteiger partial charge on any atom is 0.237 e. The molecule has 1 aliphatic heterocycles. The number of amides is 1. The van der Waals surface area contributed by atoms with Gasteiger partial charge in [0.05, 0.1) is 6.04 Å². The summed E-state index contributed by atoms with van der Waals surface area (Å²) >= 11 is 0. The molecule has 1 amide bonds. The Kier molecular flexibility index (Phi) is 4.25. The SMILES string of the molecule is CCCC(C)(C)NC(=O)[C@H]1Cc2ccccc2CN1. The maximum absolute atomic E-state index is 12.3. The minimum Gasteiger partial charge on any atom is -0.350 e. The fourth-order valence-electron chi connectivity index (χ4n) is 2.75. The molecule has 3 nitrogen and oxygen atoms in total. The topological polar surface area (TPSA) is 41.1 Å². The summed E-state index contributed by atoms with van der Waals surface area (Å²) in [4.78, 5) is 12.3. The molecule has 0 saturated carbocycles. The van der Waals surface area contributed by atoms with Crippen LogP contribution in [-0.4, -0.2) is 17.5 Å². The van der Waals surface area contributed by atoms with E-state index in [2.05, 4.69) is 43.5 Å². The minimum absolute atomic E-state index is 0.106. The van der Waals surface area contributed by atoms with Gasteiger partial charge in [-0.05, 0) is 37.8 Å². The van der Waals surface area contributed by atoms with Crippen molar-refractivity contribution < 1.29 is 4.79 Å². The molecule has 3 heteroatoms. The third kappa shape index (κ3) is 3.57. The van der Waals surface area contributed by atoms with E-state index in [0.717, 1.165) is 25.8 Å². The molecule has 2 N–H and O–H groups in total. The van der Waals surface area contributed by atoms with Crippen LogP contribution >= 0.6 is 0 Å². The molecule has 0 unspecified atom stereocenters. The zero-order valence-electron chi connectivity index (χ0n) is 12.1. The first-order valence-corrected chi connectivity index (χ1v) is 7.14. The van der Waals surface area contributed by atoms with Crippen LogP contribution in [0, 0.1) is 0 Å². The predicted molar refractivity (Wildman–Crippen MR) is 77.9 cm³/mol. The normalized spacial score (nSPS) is 18.8. The summed E-state index contributed by atoms with van der Waals surface area (Å²) in [7, 11) is 0. The van der Waals surface area contributed by atoms with Gasteiger partial charge in [-0.25, -0.2) is 0 Å². The van der Waals surface area contributed by atoms with Crippen LogP contribution in [0.4, 0.5) is 0 Å². The van der Waals surface area contributed by atoms with Crippen LogP contribution in [0.25, 0.3) is 0 Å². The van der Waals surface area contributed by atoms with Gasteiger partial charge >= 0.3 is 0 Å². The highest BCUT2D eigenvalue weighted by Crippen LogP contribution is 2.17. The molecule has 104 valence electrons. The van der Waals surface area contributed by atoms with Gasteiger partial charge in [-0.15, -0.1) is 0 Å². The zero-order valence-corrected chi connectivity index (χ0v) is 12.1. The first kappa shape index (κ1) is 14.1. The third-order valence-electron chi connectivity index (χ3n) is 3.73. The average Bonchev–Trinajstić information content (AvgIpc) is 2.37. The Hall–Kier alpha value is -1.35. The number of hydrogen-bond donors (Lipinski definition) is 2. The van der Waals surface area contributed by atoms with Crippen LogP contribution in [0.5, 0.6) is 0 Å². The van der Waals surface area contributed by atoms with E-state index >= 15 is 0 Å². The van der Waals surface area contributed by atoms with Gasteiger partial charge < -0.3 is 10.6 Å². The molecule has 1 aliphatic rings. The van der Waals surface area contributed by atoms with Gasteiger partial charge in [-0.2, -0.15) is 0 Å². The van der Waals surface area contributed by atoms with E-state index in [9.17, 15) is 4.79 Å². The summed E-state index contributed by atoms with van der Waals surface area (Å²) in [6.45, 7) is 7.10. The molecule has 0 aromatic heterocycles. The molecule has 19 heavy (non-hydrogen) atoms. The molecular formula is C16H24N2O. The molecule has 1 atom stereocenters. The van der Waals surface area contributed by atoms with Gasteiger partial charge in [0.1, 0.15) is 0 Å². The van der Waals surface area contributed by atoms with E-state index in [1.54, 1.807) is 0 Å². The lowest BCUT2D eigenvalue weighted by Crippen LogP contribution is -2.53. The largest absolute Gasteiger partial charge is 0.350 e. The van der Waals surface area contributed by atoms with Crippen molar-refractivity contribution in [2.45, 2.75) is 58.2 Å². The molecule has 1 aromatic carbocycles. The minimum atomic E-state index is -0.121. The molecule has 0 radical (unpaired) electrons. The van der Waals surface area contributed by atoms with Crippen LogP contribution in [0.2, 0.25) is 0 Å². The molecule has 1 aromatic rings. The summed E-state index contributed by atoms with van der Waals surface area (Å²) in [5.74, 6) is 0.118. The standard InChI is InChI=1S/C16H24N2O/c1-4-9-16(2,3)18-15(19)14-10-12-7-5-6-8-13(12)11-17-14/h5-8,14,17H,4,9-11H2,1-3H3,(H,18,19)/t14-/m1/s1. The number of benzene rings is 1. The zero-order chi connectivity index (χ0) is 13.9. The second-order valence-corrected chi connectivity index (χ2v) is 6.03. The Morgan fingerprint density at radius 3 is 2.74 bits per heavy atom. The van der Waals surface area contributed by atoms with Crippen molar-refractivity contribution in [3.8, 4) is 0 Å². The van der Waals surface area contributed by atoms with Crippen molar-refractivity contribution in [1.82, 2.24) is 10.6 Å². The third-order valence-corrected chi connectivity index (χ3v) is 3.73. The van der Waals surface area contributed by atoms with Gasteiger partial charge in [0.2, 0.25) is 5.91 Å². The van der Waals surface area contributed by atoms with Gasteiger partial charge in [-0.3, -0.25) is 4.79 Å². The number of carbonyl (C=O) groups excluding carboxylic acids is 1. The van der Waals surface area contributed by atoms with E-state index in [4.69, 9.17) is 0 Å². The number of nitrogens with one attached hydrogen (secondary N) is 2. The lowest BCUT2D eigenvalue weighted by molar-refractivity contribution is -0.125. The molecular weight excluding hydrogens is 236 g/mol. The second kappa shape index (κ2) is 5.74. The fraction of sp³-hybridized carbons (Fsp3) is 0.562. The van der Waals surface area contributed by atoms with E-state index in [1.165, 1.54) is 11.1 Å². The number of carbonyl (C=O) groups is 1. The van der Waals surface area contributed by atoms with Crippen molar-refractivity contribution in [3.05, 3.63) is 35.4 Å². The Morgan fingerprint density at radius 1 is 1.37 bits per heavy atom. The Morgan fingerprint density at radius 2 is 2.05 bits per heavy atom. The van der Waals surface area contributed by atoms with E-state index in [0.29, 0.717) is 0 Å². The van der Waals surface area contributed by atoms with Crippen molar-refractivity contribution in [2.75, 3.05) is 0 Å². The van der Waals surface area contributed by atoms with Crippen molar-refractivity contribution in [2.24, 2.45) is 0 Å². The molecule has 1 heterocycles. The van der Waals surface area contributed by atoms with Gasteiger partial charge in [0, 0.05) is 12.1 Å². The van der Waals surface area contributed by atoms with Crippen molar-refractivity contribution in [1.29, 1.82) is 0 Å². The van der Waals surface area contributed by atoms with E-state index < -0.39 is 0 Å². The van der Waals surface area contributed by atoms with E-state index in [-0.39, 0.29) is 17.5 Å². The number of fused-ring (bicyclic) bond motifs is 1. The number of rotatable bonds is 4. The lowest BCUT2D eigenvalue weighted by atomic mass is 9.93.